The summed E-state index contributed by atoms with van der Waals surface area (Å²) < 4.78 is 25.4. The van der Waals surface area contributed by atoms with Crippen LogP contribution in [0.1, 0.15) is 16.7 Å². The van der Waals surface area contributed by atoms with Crippen molar-refractivity contribution in [3.8, 4) is 11.5 Å². The number of amides is 2. The number of hydrogen-bond donors (Lipinski definition) is 0. The minimum atomic E-state index is -0.585. The number of ether oxygens (including phenoxy) is 2. The number of halogens is 3. The first-order valence-electron chi connectivity index (χ1n) is 10.1. The van der Waals surface area contributed by atoms with Gasteiger partial charge in [0.25, 0.3) is 11.1 Å². The predicted molar refractivity (Wildman–Crippen MR) is 132 cm³/mol. The van der Waals surface area contributed by atoms with E-state index in [0.717, 1.165) is 22.2 Å². The summed E-state index contributed by atoms with van der Waals surface area (Å²) in [5.74, 6) is -0.383. The summed E-state index contributed by atoms with van der Waals surface area (Å²) in [6.45, 7) is 0.0393. The molecule has 174 valence electrons. The van der Waals surface area contributed by atoms with Gasteiger partial charge in [0.15, 0.2) is 11.5 Å². The van der Waals surface area contributed by atoms with Crippen LogP contribution >= 0.6 is 35.0 Å². The summed E-state index contributed by atoms with van der Waals surface area (Å²) in [4.78, 5) is 26.5. The van der Waals surface area contributed by atoms with Crippen LogP contribution in [-0.4, -0.2) is 23.2 Å². The maximum atomic E-state index is 14.1. The lowest BCUT2D eigenvalue weighted by Crippen LogP contribution is -2.28. The molecule has 1 aliphatic rings. The van der Waals surface area contributed by atoms with Crippen LogP contribution in [0, 0.1) is 5.82 Å². The summed E-state index contributed by atoms with van der Waals surface area (Å²) in [7, 11) is 1.48. The molecule has 0 saturated carbocycles. The monoisotopic (exact) mass is 517 g/mol. The molecule has 1 heterocycles. The highest BCUT2D eigenvalue weighted by atomic mass is 35.5. The number of hydrogen-bond acceptors (Lipinski definition) is 5. The molecule has 0 radical (unpaired) electrons. The topological polar surface area (TPSA) is 55.8 Å². The van der Waals surface area contributed by atoms with E-state index in [4.69, 9.17) is 32.7 Å². The predicted octanol–water partition coefficient (Wildman–Crippen LogP) is 6.96. The third-order valence-corrected chi connectivity index (χ3v) is 6.57. The third-order valence-electron chi connectivity index (χ3n) is 5.03. The number of carbonyl (C=O) groups excluding carboxylic acids is 2. The normalized spacial score (nSPS) is 14.7. The molecule has 0 aliphatic carbocycles. The SMILES string of the molecule is COc1cc(/C=C2\SC(=O)N(Cc3c(F)cccc3Cl)C2=O)cc(Cl)c1OCc1ccccc1. The van der Waals surface area contributed by atoms with Gasteiger partial charge >= 0.3 is 0 Å². The lowest BCUT2D eigenvalue weighted by molar-refractivity contribution is -0.123. The van der Waals surface area contributed by atoms with Gasteiger partial charge in [0.05, 0.1) is 23.6 Å². The van der Waals surface area contributed by atoms with Gasteiger partial charge in [-0.1, -0.05) is 59.6 Å². The third kappa shape index (κ3) is 5.22. The van der Waals surface area contributed by atoms with Crippen molar-refractivity contribution < 1.29 is 23.5 Å². The molecule has 3 aromatic rings. The summed E-state index contributed by atoms with van der Waals surface area (Å²) in [6, 6.07) is 17.1. The van der Waals surface area contributed by atoms with E-state index in [9.17, 15) is 14.0 Å². The van der Waals surface area contributed by atoms with Gasteiger partial charge in [-0.2, -0.15) is 0 Å². The summed E-state index contributed by atoms with van der Waals surface area (Å²) in [5, 5.41) is -0.0824. The Morgan fingerprint density at radius 3 is 2.50 bits per heavy atom. The van der Waals surface area contributed by atoms with Crippen LogP contribution in [0.5, 0.6) is 11.5 Å². The average Bonchev–Trinajstić information content (AvgIpc) is 3.08. The molecular formula is C25H18Cl2FNO4S. The molecule has 0 atom stereocenters. The number of benzene rings is 3. The first-order chi connectivity index (χ1) is 16.4. The maximum absolute atomic E-state index is 14.1. The Morgan fingerprint density at radius 1 is 1.03 bits per heavy atom. The lowest BCUT2D eigenvalue weighted by Gasteiger charge is -2.14. The van der Waals surface area contributed by atoms with Gasteiger partial charge in [-0.15, -0.1) is 0 Å². The highest BCUT2D eigenvalue weighted by Gasteiger charge is 2.36. The molecule has 2 amide bonds. The molecule has 3 aromatic carbocycles. The van der Waals surface area contributed by atoms with Gasteiger partial charge in [-0.25, -0.2) is 4.39 Å². The molecule has 0 N–H and O–H groups in total. The number of methoxy groups -OCH3 is 1. The van der Waals surface area contributed by atoms with E-state index in [-0.39, 0.29) is 22.0 Å². The maximum Gasteiger partial charge on any atom is 0.293 e. The Bertz CT molecular complexity index is 1260. The van der Waals surface area contributed by atoms with E-state index < -0.39 is 17.0 Å². The van der Waals surface area contributed by atoms with E-state index in [1.54, 1.807) is 12.1 Å². The van der Waals surface area contributed by atoms with Crippen molar-refractivity contribution in [1.82, 2.24) is 4.90 Å². The molecule has 4 rings (SSSR count). The summed E-state index contributed by atoms with van der Waals surface area (Å²) >= 11 is 13.2. The highest BCUT2D eigenvalue weighted by molar-refractivity contribution is 8.18. The van der Waals surface area contributed by atoms with E-state index in [0.29, 0.717) is 28.7 Å². The van der Waals surface area contributed by atoms with Gasteiger partial charge in [-0.05, 0) is 53.2 Å². The van der Waals surface area contributed by atoms with Crippen LogP contribution in [0.4, 0.5) is 9.18 Å². The van der Waals surface area contributed by atoms with Crippen molar-refractivity contribution in [3.63, 3.8) is 0 Å². The Hall–Kier alpha value is -3.00. The fourth-order valence-corrected chi connectivity index (χ4v) is 4.66. The van der Waals surface area contributed by atoms with Crippen molar-refractivity contribution in [2.24, 2.45) is 0 Å². The zero-order chi connectivity index (χ0) is 24.2. The number of imide groups is 1. The zero-order valence-corrected chi connectivity index (χ0v) is 20.2. The molecule has 1 fully saturated rings. The Morgan fingerprint density at radius 2 is 1.79 bits per heavy atom. The average molecular weight is 518 g/mol. The van der Waals surface area contributed by atoms with E-state index in [1.165, 1.54) is 31.4 Å². The van der Waals surface area contributed by atoms with Crippen LogP contribution in [0.15, 0.2) is 65.6 Å². The van der Waals surface area contributed by atoms with Crippen molar-refractivity contribution >= 4 is 52.2 Å². The fourth-order valence-electron chi connectivity index (χ4n) is 3.32. The molecule has 0 spiro atoms. The standard InChI is InChI=1S/C25H18Cl2FNO4S/c1-32-21-11-16(10-19(27)23(21)33-14-15-6-3-2-4-7-15)12-22-24(30)29(25(31)34-22)13-17-18(26)8-5-9-20(17)28/h2-12H,13-14H2,1H3/b22-12-. The van der Waals surface area contributed by atoms with Crippen LogP contribution in [0.3, 0.4) is 0 Å². The van der Waals surface area contributed by atoms with Gasteiger partial charge in [0.2, 0.25) is 0 Å². The van der Waals surface area contributed by atoms with E-state index >= 15 is 0 Å². The van der Waals surface area contributed by atoms with Crippen molar-refractivity contribution in [2.75, 3.05) is 7.11 Å². The highest BCUT2D eigenvalue weighted by Crippen LogP contribution is 2.40. The Labute approximate surface area is 210 Å². The van der Waals surface area contributed by atoms with Crippen LogP contribution in [-0.2, 0) is 17.9 Å². The molecule has 1 aliphatic heterocycles. The van der Waals surface area contributed by atoms with Crippen LogP contribution in [0.25, 0.3) is 6.08 Å². The number of carbonyl (C=O) groups is 2. The first kappa shape index (κ1) is 24.1. The van der Waals surface area contributed by atoms with E-state index in [2.05, 4.69) is 0 Å². The van der Waals surface area contributed by atoms with E-state index in [1.807, 2.05) is 30.3 Å². The molecular weight excluding hydrogens is 500 g/mol. The lowest BCUT2D eigenvalue weighted by atomic mass is 10.1. The van der Waals surface area contributed by atoms with Gasteiger partial charge in [0, 0.05) is 10.6 Å². The van der Waals surface area contributed by atoms with Crippen LogP contribution < -0.4 is 9.47 Å². The van der Waals surface area contributed by atoms with Crippen molar-refractivity contribution in [3.05, 3.63) is 98.1 Å². The second kappa shape index (κ2) is 10.5. The summed E-state index contributed by atoms with van der Waals surface area (Å²) in [5.41, 5.74) is 1.59. The first-order valence-corrected chi connectivity index (χ1v) is 11.7. The minimum absolute atomic E-state index is 0.0809. The number of nitrogens with zero attached hydrogens (tertiary/aromatic N) is 1. The van der Waals surface area contributed by atoms with Crippen molar-refractivity contribution in [2.45, 2.75) is 13.2 Å². The van der Waals surface area contributed by atoms with Gasteiger partial charge in [-0.3, -0.25) is 14.5 Å². The number of thioether (sulfide) groups is 1. The fraction of sp³-hybridized carbons (Fsp3) is 0.120. The molecule has 0 aromatic heterocycles. The smallest absolute Gasteiger partial charge is 0.293 e. The molecule has 0 bridgehead atoms. The molecule has 34 heavy (non-hydrogen) atoms. The zero-order valence-electron chi connectivity index (χ0n) is 17.9. The quantitative estimate of drug-likeness (QED) is 0.317. The Balaban J connectivity index is 1.56. The molecule has 1 saturated heterocycles. The molecule has 0 unspecified atom stereocenters. The second-order valence-corrected chi connectivity index (χ2v) is 9.08. The van der Waals surface area contributed by atoms with Crippen molar-refractivity contribution in [1.29, 1.82) is 0 Å². The minimum Gasteiger partial charge on any atom is -0.493 e. The molecule has 5 nitrogen and oxygen atoms in total. The number of rotatable bonds is 7. The molecule has 9 heteroatoms. The van der Waals surface area contributed by atoms with Crippen LogP contribution in [0.2, 0.25) is 10.0 Å². The largest absolute Gasteiger partial charge is 0.493 e. The van der Waals surface area contributed by atoms with Gasteiger partial charge in [0.1, 0.15) is 12.4 Å². The summed E-state index contributed by atoms with van der Waals surface area (Å²) in [6.07, 6.45) is 1.53. The Kier molecular flexibility index (Phi) is 7.46. The second-order valence-electron chi connectivity index (χ2n) is 7.28. The van der Waals surface area contributed by atoms with Gasteiger partial charge < -0.3 is 9.47 Å².